The van der Waals surface area contributed by atoms with Gasteiger partial charge in [0.25, 0.3) is 0 Å². The Morgan fingerprint density at radius 2 is 1.70 bits per heavy atom. The molecule has 0 aliphatic carbocycles. The van der Waals surface area contributed by atoms with Crippen LogP contribution in [0.1, 0.15) is 43.7 Å². The number of benzene rings is 2. The number of hydrogen-bond donors (Lipinski definition) is 1. The zero-order chi connectivity index (χ0) is 21.4. The van der Waals surface area contributed by atoms with Gasteiger partial charge in [0.1, 0.15) is 12.3 Å². The van der Waals surface area contributed by atoms with E-state index < -0.39 is 6.09 Å². The van der Waals surface area contributed by atoms with Gasteiger partial charge < -0.3 is 9.84 Å². The summed E-state index contributed by atoms with van der Waals surface area (Å²) < 4.78 is 6.94. The second-order valence-corrected chi connectivity index (χ2v) is 7.90. The quantitative estimate of drug-likeness (QED) is 0.253. The topological polar surface area (TPSA) is 49.8 Å². The van der Waals surface area contributed by atoms with Crippen molar-refractivity contribution < 1.29 is 14.6 Å². The van der Waals surface area contributed by atoms with E-state index in [0.717, 1.165) is 36.1 Å². The van der Waals surface area contributed by atoms with Gasteiger partial charge in [-0.25, -0.2) is 9.10 Å². The number of hydrogen-bond acceptors (Lipinski definition) is 4. The van der Waals surface area contributed by atoms with Gasteiger partial charge in [0.05, 0.1) is 6.61 Å². The molecule has 30 heavy (non-hydrogen) atoms. The minimum Gasteiger partial charge on any atom is -0.444 e. The van der Waals surface area contributed by atoms with Gasteiger partial charge >= 0.3 is 6.09 Å². The summed E-state index contributed by atoms with van der Waals surface area (Å²) >= 11 is 1.37. The van der Waals surface area contributed by atoms with E-state index in [-0.39, 0.29) is 13.2 Å². The third kappa shape index (κ3) is 8.91. The van der Waals surface area contributed by atoms with Crippen molar-refractivity contribution in [1.82, 2.24) is 4.31 Å². The summed E-state index contributed by atoms with van der Waals surface area (Å²) in [4.78, 5) is 12.8. The van der Waals surface area contributed by atoms with Crippen LogP contribution in [0, 0.1) is 0 Å². The lowest BCUT2D eigenvalue weighted by Gasteiger charge is -2.21. The predicted octanol–water partition coefficient (Wildman–Crippen LogP) is 6.13. The van der Waals surface area contributed by atoms with Crippen LogP contribution in [-0.4, -0.2) is 27.9 Å². The smallest absolute Gasteiger partial charge is 0.425 e. The van der Waals surface area contributed by atoms with Crippen LogP contribution in [0.25, 0.3) is 0 Å². The van der Waals surface area contributed by atoms with E-state index in [1.54, 1.807) is 0 Å². The van der Waals surface area contributed by atoms with Crippen molar-refractivity contribution in [3.05, 3.63) is 89.3 Å². The predicted molar refractivity (Wildman–Crippen MR) is 124 cm³/mol. The van der Waals surface area contributed by atoms with Gasteiger partial charge in [-0.3, -0.25) is 0 Å². The molecule has 1 N–H and O–H groups in total. The summed E-state index contributed by atoms with van der Waals surface area (Å²) in [6.45, 7) is 2.08. The van der Waals surface area contributed by atoms with Crippen LogP contribution in [0.15, 0.2) is 78.2 Å². The maximum absolute atomic E-state index is 12.8. The van der Waals surface area contributed by atoms with Crippen molar-refractivity contribution in [1.29, 1.82) is 0 Å². The molecule has 1 amide bonds. The first kappa shape index (κ1) is 23.8. The third-order valence-corrected chi connectivity index (χ3v) is 5.53. The van der Waals surface area contributed by atoms with E-state index in [2.05, 4.69) is 12.7 Å². The van der Waals surface area contributed by atoms with E-state index in [4.69, 9.17) is 4.74 Å². The molecule has 0 saturated carbocycles. The number of aliphatic hydroxyl groups excluding tert-OH is 1. The van der Waals surface area contributed by atoms with E-state index in [1.807, 2.05) is 66.7 Å². The molecule has 0 aliphatic rings. The van der Waals surface area contributed by atoms with E-state index in [1.165, 1.54) is 22.7 Å². The van der Waals surface area contributed by atoms with Crippen molar-refractivity contribution in [2.24, 2.45) is 0 Å². The van der Waals surface area contributed by atoms with Crippen LogP contribution in [0.5, 0.6) is 0 Å². The lowest BCUT2D eigenvalue weighted by Crippen LogP contribution is -2.26. The summed E-state index contributed by atoms with van der Waals surface area (Å²) in [7, 11) is 0. The molecule has 0 heterocycles. The molecular weight excluding hydrogens is 394 g/mol. The maximum Gasteiger partial charge on any atom is 0.425 e. The second-order valence-electron chi connectivity index (χ2n) is 6.87. The van der Waals surface area contributed by atoms with Crippen molar-refractivity contribution in [2.75, 3.05) is 12.4 Å². The Bertz CT molecular complexity index is 802. The molecule has 0 aromatic heterocycles. The Hall–Kier alpha value is -2.46. The highest BCUT2D eigenvalue weighted by molar-refractivity contribution is 7.97. The molecule has 0 bridgehead atoms. The molecule has 160 valence electrons. The first-order chi connectivity index (χ1) is 14.7. The Labute approximate surface area is 184 Å². The third-order valence-electron chi connectivity index (χ3n) is 4.43. The summed E-state index contributed by atoms with van der Waals surface area (Å²) in [6, 6.07) is 19.6. The monoisotopic (exact) mass is 425 g/mol. The van der Waals surface area contributed by atoms with Gasteiger partial charge in [-0.1, -0.05) is 92.6 Å². The fraction of sp³-hybridized carbons (Fsp3) is 0.360. The first-order valence-electron chi connectivity index (χ1n) is 10.5. The van der Waals surface area contributed by atoms with Crippen LogP contribution in [-0.2, 0) is 17.8 Å². The minimum atomic E-state index is -0.482. The highest BCUT2D eigenvalue weighted by atomic mass is 32.2. The number of unbranched alkanes of at least 4 members (excludes halogenated alkanes) is 3. The van der Waals surface area contributed by atoms with Crippen molar-refractivity contribution in [3.8, 4) is 0 Å². The standard InChI is InChI=1S/C25H31NO3S/c1-2-3-4-11-19-30-26(25(28)29-21-23-15-9-6-10-16-23)24(20-27)18-12-17-22-13-7-5-8-14-22/h5-10,12-16,27H,2-4,11,17,19-21H2,1H3. The lowest BCUT2D eigenvalue weighted by molar-refractivity contribution is 0.124. The molecule has 0 aliphatic heterocycles. The number of ether oxygens (including phenoxy) is 1. The van der Waals surface area contributed by atoms with Crippen molar-refractivity contribution >= 4 is 18.0 Å². The molecule has 2 aromatic carbocycles. The molecular formula is C25H31NO3S. The van der Waals surface area contributed by atoms with Gasteiger partial charge in [0.2, 0.25) is 0 Å². The normalized spacial score (nSPS) is 10.2. The van der Waals surface area contributed by atoms with Gasteiger partial charge in [-0.2, -0.15) is 0 Å². The Kier molecular flexibility index (Phi) is 11.5. The van der Waals surface area contributed by atoms with Crippen LogP contribution in [0.2, 0.25) is 0 Å². The Balaban J connectivity index is 2.06. The van der Waals surface area contributed by atoms with Crippen LogP contribution in [0.4, 0.5) is 4.79 Å². The number of carbonyl (C=O) groups excluding carboxylic acids is 1. The molecule has 0 atom stereocenters. The second kappa shape index (κ2) is 14.5. The lowest BCUT2D eigenvalue weighted by atomic mass is 10.1. The summed E-state index contributed by atoms with van der Waals surface area (Å²) in [6.07, 6.45) is 6.51. The van der Waals surface area contributed by atoms with Gasteiger partial charge in [0.15, 0.2) is 0 Å². The largest absolute Gasteiger partial charge is 0.444 e. The fourth-order valence-corrected chi connectivity index (χ4v) is 3.71. The van der Waals surface area contributed by atoms with Crippen LogP contribution >= 0.6 is 11.9 Å². The van der Waals surface area contributed by atoms with Crippen LogP contribution < -0.4 is 0 Å². The van der Waals surface area contributed by atoms with Gasteiger partial charge in [-0.15, -0.1) is 0 Å². The molecule has 4 nitrogen and oxygen atoms in total. The Morgan fingerprint density at radius 1 is 1.03 bits per heavy atom. The highest BCUT2D eigenvalue weighted by Crippen LogP contribution is 2.21. The molecule has 2 rings (SSSR count). The summed E-state index contributed by atoms with van der Waals surface area (Å²) in [5, 5.41) is 9.89. The fourth-order valence-electron chi connectivity index (χ4n) is 2.77. The minimum absolute atomic E-state index is 0.193. The van der Waals surface area contributed by atoms with E-state index >= 15 is 0 Å². The molecule has 2 aromatic rings. The maximum atomic E-state index is 12.8. The average molecular weight is 426 g/mol. The molecule has 0 saturated heterocycles. The molecule has 0 spiro atoms. The zero-order valence-electron chi connectivity index (χ0n) is 17.6. The van der Waals surface area contributed by atoms with E-state index in [0.29, 0.717) is 12.1 Å². The Morgan fingerprint density at radius 3 is 2.33 bits per heavy atom. The number of rotatable bonds is 12. The van der Waals surface area contributed by atoms with Gasteiger partial charge in [0, 0.05) is 5.75 Å². The highest BCUT2D eigenvalue weighted by Gasteiger charge is 2.20. The molecule has 0 fully saturated rings. The number of amides is 1. The number of nitrogens with zero attached hydrogens (tertiary/aromatic N) is 1. The molecule has 5 heteroatoms. The van der Waals surface area contributed by atoms with Crippen LogP contribution in [0.3, 0.4) is 0 Å². The summed E-state index contributed by atoms with van der Waals surface area (Å²) in [5.41, 5.74) is 5.57. The van der Waals surface area contributed by atoms with E-state index in [9.17, 15) is 9.90 Å². The SMILES string of the molecule is CCCCCCSN(C(=O)OCc1ccccc1)C(=C=CCc1ccccc1)CO. The van der Waals surface area contributed by atoms with Crippen molar-refractivity contribution in [3.63, 3.8) is 0 Å². The number of carbonyl (C=O) groups is 1. The molecule has 0 radical (unpaired) electrons. The summed E-state index contributed by atoms with van der Waals surface area (Å²) in [5.74, 6) is 0.782. The van der Waals surface area contributed by atoms with Gasteiger partial charge in [-0.05, 0) is 42.0 Å². The zero-order valence-corrected chi connectivity index (χ0v) is 18.4. The average Bonchev–Trinajstić information content (AvgIpc) is 2.79. The van der Waals surface area contributed by atoms with Crippen molar-refractivity contribution in [2.45, 2.75) is 45.6 Å². The molecule has 0 unspecified atom stereocenters. The first-order valence-corrected chi connectivity index (χ1v) is 11.4. The number of aliphatic hydroxyl groups is 1.